The second-order valence-corrected chi connectivity index (χ2v) is 13.1. The molecule has 0 amide bonds. The molecule has 0 bridgehead atoms. The van der Waals surface area contributed by atoms with Crippen molar-refractivity contribution in [2.75, 3.05) is 0 Å². The van der Waals surface area contributed by atoms with Crippen LogP contribution in [0.3, 0.4) is 0 Å². The van der Waals surface area contributed by atoms with Gasteiger partial charge in [0.1, 0.15) is 11.0 Å². The number of halogens is 6. The molecule has 4 heterocycles. The van der Waals surface area contributed by atoms with Gasteiger partial charge in [-0.25, -0.2) is 9.97 Å². The predicted molar refractivity (Wildman–Crippen MR) is 150 cm³/mol. The van der Waals surface area contributed by atoms with E-state index in [-0.39, 0.29) is 59.7 Å². The standard InChI is InChI=1S/C33H24F6N2O8/c34-32(35,36)31(33(37,38)39,15-3-7-23-21(11-15)40-25(46-23)13-1-5-17-19(9-13)29(44)48-27(17)42)16-4-8-24-22(12-16)41-26(47-24)14-2-6-18-20(10-14)30(45)49-28(18)43/h3-4,7-8,11-14,17-20H,1-2,5-6,9-10H2. The summed E-state index contributed by atoms with van der Waals surface area (Å²) in [6.45, 7) is 0. The van der Waals surface area contributed by atoms with Crippen LogP contribution in [0.25, 0.3) is 22.2 Å². The number of oxazole rings is 2. The van der Waals surface area contributed by atoms with E-state index < -0.39 is 88.3 Å². The molecule has 0 N–H and O–H groups in total. The third-order valence-electron chi connectivity index (χ3n) is 10.5. The lowest BCUT2D eigenvalue weighted by Crippen LogP contribution is -2.54. The Kier molecular flexibility index (Phi) is 6.83. The van der Waals surface area contributed by atoms with Gasteiger partial charge >= 0.3 is 36.2 Å². The zero-order chi connectivity index (χ0) is 34.6. The maximum atomic E-state index is 15.1. The Balaban J connectivity index is 1.16. The fraction of sp³-hybridized carbons (Fsp3) is 0.455. The summed E-state index contributed by atoms with van der Waals surface area (Å²) in [4.78, 5) is 56.6. The predicted octanol–water partition coefficient (Wildman–Crippen LogP) is 6.55. The minimum absolute atomic E-state index is 0.0307. The number of benzene rings is 2. The average molecular weight is 691 g/mol. The average Bonchev–Trinajstić information content (AvgIpc) is 3.79. The SMILES string of the molecule is O=C1OC(=O)C2CC(c3nc4cc(C(c5ccc6oc(C7CCC8C(=O)OC(=O)C8C7)nc6c5)(C(F)(F)F)C(F)(F)F)ccc4o3)CCC12. The molecule has 4 aliphatic rings. The summed E-state index contributed by atoms with van der Waals surface area (Å²) in [5.74, 6) is -6.24. The molecule has 0 spiro atoms. The van der Waals surface area contributed by atoms with Crippen LogP contribution in [0, 0.1) is 23.7 Å². The van der Waals surface area contributed by atoms with E-state index in [0.29, 0.717) is 37.1 Å². The molecular formula is C33H24F6N2O8. The molecule has 256 valence electrons. The Bertz CT molecular complexity index is 1920. The van der Waals surface area contributed by atoms with E-state index >= 15 is 26.3 Å². The van der Waals surface area contributed by atoms with Crippen molar-refractivity contribution >= 4 is 46.1 Å². The maximum Gasteiger partial charge on any atom is 0.411 e. The minimum Gasteiger partial charge on any atom is -0.440 e. The number of hydrogen-bond acceptors (Lipinski definition) is 10. The Labute approximate surface area is 271 Å². The zero-order valence-electron chi connectivity index (χ0n) is 25.1. The van der Waals surface area contributed by atoms with Crippen LogP contribution in [0.15, 0.2) is 45.2 Å². The molecule has 2 aliphatic heterocycles. The summed E-state index contributed by atoms with van der Waals surface area (Å²) in [6, 6.07) is 4.77. The molecule has 10 nitrogen and oxygen atoms in total. The van der Waals surface area contributed by atoms with E-state index in [1.165, 1.54) is 0 Å². The summed E-state index contributed by atoms with van der Waals surface area (Å²) in [6.07, 6.45) is -10.3. The van der Waals surface area contributed by atoms with Gasteiger partial charge in [-0.2, -0.15) is 26.3 Å². The molecule has 4 fully saturated rings. The molecule has 2 saturated carbocycles. The smallest absolute Gasteiger partial charge is 0.411 e. The zero-order valence-corrected chi connectivity index (χ0v) is 25.1. The molecule has 49 heavy (non-hydrogen) atoms. The van der Waals surface area contributed by atoms with Crippen LogP contribution in [0.1, 0.15) is 73.3 Å². The highest BCUT2D eigenvalue weighted by Crippen LogP contribution is 2.57. The van der Waals surface area contributed by atoms with Crippen molar-refractivity contribution in [1.29, 1.82) is 0 Å². The summed E-state index contributed by atoms with van der Waals surface area (Å²) in [7, 11) is 0. The number of fused-ring (bicyclic) bond motifs is 4. The number of ether oxygens (including phenoxy) is 2. The highest BCUT2D eigenvalue weighted by atomic mass is 19.4. The Hall–Kier alpha value is -4.76. The quantitative estimate of drug-likeness (QED) is 0.132. The molecule has 2 aliphatic carbocycles. The van der Waals surface area contributed by atoms with Crippen LogP contribution >= 0.6 is 0 Å². The highest BCUT2D eigenvalue weighted by Gasteiger charge is 2.72. The molecule has 6 unspecified atom stereocenters. The lowest BCUT2D eigenvalue weighted by atomic mass is 9.72. The first-order valence-electron chi connectivity index (χ1n) is 15.6. The van der Waals surface area contributed by atoms with Gasteiger partial charge in [0.05, 0.1) is 23.7 Å². The van der Waals surface area contributed by atoms with E-state index in [0.717, 1.165) is 12.1 Å². The van der Waals surface area contributed by atoms with Crippen LogP contribution < -0.4 is 0 Å². The van der Waals surface area contributed by atoms with Gasteiger partial charge in [-0.15, -0.1) is 0 Å². The number of alkyl halides is 6. The summed E-state index contributed by atoms with van der Waals surface area (Å²) < 4.78 is 111. The van der Waals surface area contributed by atoms with Crippen molar-refractivity contribution in [3.63, 3.8) is 0 Å². The van der Waals surface area contributed by atoms with Crippen LogP contribution in [-0.4, -0.2) is 46.2 Å². The topological polar surface area (TPSA) is 139 Å². The Morgan fingerprint density at radius 3 is 1.33 bits per heavy atom. The second kappa shape index (κ2) is 10.6. The van der Waals surface area contributed by atoms with Gasteiger partial charge in [0.2, 0.25) is 5.41 Å². The summed E-state index contributed by atoms with van der Waals surface area (Å²) in [5, 5.41) is 0. The van der Waals surface area contributed by atoms with Crippen molar-refractivity contribution in [2.45, 2.75) is 68.1 Å². The number of rotatable bonds is 4. The first kappa shape index (κ1) is 31.5. The third-order valence-corrected chi connectivity index (χ3v) is 10.5. The van der Waals surface area contributed by atoms with Crippen molar-refractivity contribution in [2.24, 2.45) is 23.7 Å². The summed E-state index contributed by atoms with van der Waals surface area (Å²) >= 11 is 0. The van der Waals surface area contributed by atoms with Gasteiger partial charge in [0, 0.05) is 11.8 Å². The number of carbonyl (C=O) groups is 4. The molecule has 4 aromatic rings. The third kappa shape index (κ3) is 4.69. The minimum atomic E-state index is -5.90. The number of carbonyl (C=O) groups excluding carboxylic acids is 4. The van der Waals surface area contributed by atoms with E-state index in [1.54, 1.807) is 0 Å². The number of cyclic esters (lactones) is 4. The second-order valence-electron chi connectivity index (χ2n) is 13.1. The van der Waals surface area contributed by atoms with E-state index in [9.17, 15) is 19.2 Å². The van der Waals surface area contributed by atoms with Crippen LogP contribution in [-0.2, 0) is 34.1 Å². The molecular weight excluding hydrogens is 666 g/mol. The van der Waals surface area contributed by atoms with Crippen LogP contribution in [0.5, 0.6) is 0 Å². The van der Waals surface area contributed by atoms with Crippen molar-refractivity contribution in [3.8, 4) is 0 Å². The fourth-order valence-electron chi connectivity index (χ4n) is 8.06. The Morgan fingerprint density at radius 2 is 0.939 bits per heavy atom. The van der Waals surface area contributed by atoms with Crippen molar-refractivity contribution < 1.29 is 63.8 Å². The number of nitrogens with zero attached hydrogens (tertiary/aromatic N) is 2. The van der Waals surface area contributed by atoms with Gasteiger partial charge in [-0.3, -0.25) is 19.2 Å². The van der Waals surface area contributed by atoms with Gasteiger partial charge < -0.3 is 18.3 Å². The van der Waals surface area contributed by atoms with Crippen molar-refractivity contribution in [1.82, 2.24) is 9.97 Å². The molecule has 6 atom stereocenters. The Morgan fingerprint density at radius 1 is 0.551 bits per heavy atom. The first-order valence-corrected chi connectivity index (χ1v) is 15.6. The van der Waals surface area contributed by atoms with Crippen LogP contribution in [0.4, 0.5) is 26.3 Å². The number of aromatic nitrogens is 2. The highest BCUT2D eigenvalue weighted by molar-refractivity contribution is 5.97. The molecule has 8 rings (SSSR count). The lowest BCUT2D eigenvalue weighted by Gasteiger charge is -2.38. The number of hydrogen-bond donors (Lipinski definition) is 0. The van der Waals surface area contributed by atoms with E-state index in [1.807, 2.05) is 0 Å². The molecule has 16 heteroatoms. The molecule has 2 saturated heterocycles. The van der Waals surface area contributed by atoms with Crippen molar-refractivity contribution in [3.05, 3.63) is 59.3 Å². The van der Waals surface area contributed by atoms with Gasteiger partial charge in [0.25, 0.3) is 0 Å². The molecule has 0 radical (unpaired) electrons. The van der Waals surface area contributed by atoms with E-state index in [2.05, 4.69) is 9.97 Å². The monoisotopic (exact) mass is 690 g/mol. The molecule has 2 aromatic heterocycles. The maximum absolute atomic E-state index is 15.1. The largest absolute Gasteiger partial charge is 0.440 e. The fourth-order valence-corrected chi connectivity index (χ4v) is 8.06. The van der Waals surface area contributed by atoms with Crippen LogP contribution in [0.2, 0.25) is 0 Å². The number of esters is 4. The van der Waals surface area contributed by atoms with E-state index in [4.69, 9.17) is 18.3 Å². The lowest BCUT2D eigenvalue weighted by molar-refractivity contribution is -0.288. The van der Waals surface area contributed by atoms with Gasteiger partial charge in [0.15, 0.2) is 22.9 Å². The van der Waals surface area contributed by atoms with Gasteiger partial charge in [-0.05, 0) is 73.9 Å². The molecule has 2 aromatic carbocycles. The van der Waals surface area contributed by atoms with Gasteiger partial charge in [-0.1, -0.05) is 12.1 Å². The first-order chi connectivity index (χ1) is 23.2. The summed E-state index contributed by atoms with van der Waals surface area (Å²) in [5.41, 5.74) is -7.42. The normalized spacial score (nSPS) is 27.8.